The van der Waals surface area contributed by atoms with E-state index < -0.39 is 37.3 Å². The number of rotatable bonds is 6. The van der Waals surface area contributed by atoms with Gasteiger partial charge in [0.15, 0.2) is 0 Å². The molecule has 2 aliphatic carbocycles. The molecule has 2 atom stereocenters. The van der Waals surface area contributed by atoms with Gasteiger partial charge in [-0.25, -0.2) is 0 Å². The van der Waals surface area contributed by atoms with Crippen LogP contribution in [-0.4, -0.2) is 18.5 Å². The van der Waals surface area contributed by atoms with Crippen molar-refractivity contribution in [1.29, 1.82) is 0 Å². The summed E-state index contributed by atoms with van der Waals surface area (Å²) in [5, 5.41) is 0. The molecule has 9 heteroatoms. The van der Waals surface area contributed by atoms with E-state index in [1.165, 1.54) is 51.4 Å². The van der Waals surface area contributed by atoms with E-state index in [1.807, 2.05) is 13.8 Å². The third kappa shape index (κ3) is 69.3. The maximum atomic E-state index is 11.5. The first-order valence-corrected chi connectivity index (χ1v) is 21.7. The maximum Gasteiger partial charge on any atom is 0.391 e. The lowest BCUT2D eigenvalue weighted by Crippen LogP contribution is -2.23. The van der Waals surface area contributed by atoms with Crippen molar-refractivity contribution in [3.05, 3.63) is 0 Å². The predicted octanol–water partition coefficient (Wildman–Crippen LogP) is 19.9. The average Bonchev–Trinajstić information content (AvgIpc) is 3.51. The fourth-order valence-corrected chi connectivity index (χ4v) is 4.08. The first-order valence-electron chi connectivity index (χ1n) is 21.7. The fraction of sp³-hybridized carbons (Fsp3) is 1.00. The number of hydrogen-bond acceptors (Lipinski definition) is 0. The average molecular weight is 807 g/mol. The van der Waals surface area contributed by atoms with E-state index in [9.17, 15) is 39.5 Å². The summed E-state index contributed by atoms with van der Waals surface area (Å²) in [6.07, 6.45) is 5.42. The third-order valence-corrected chi connectivity index (χ3v) is 8.52. The molecule has 0 aromatic rings. The normalized spacial score (nSPS) is 15.8. The zero-order valence-electron chi connectivity index (χ0n) is 39.2. The van der Waals surface area contributed by atoms with Crippen molar-refractivity contribution in [2.45, 2.75) is 253 Å². The molecular formula is C45H95F9. The third-order valence-electron chi connectivity index (χ3n) is 8.52. The van der Waals surface area contributed by atoms with Gasteiger partial charge in [-0.05, 0) is 60.7 Å². The molecular weight excluding hydrogens is 711 g/mol. The Hall–Kier alpha value is -0.630. The van der Waals surface area contributed by atoms with Crippen LogP contribution >= 0.6 is 0 Å². The second kappa shape index (κ2) is 42.0. The smallest absolute Gasteiger partial charge is 0.171 e. The summed E-state index contributed by atoms with van der Waals surface area (Å²) in [5.41, 5.74) is 0.854. The Bertz CT molecular complexity index is 635. The minimum absolute atomic E-state index is 0.231. The molecule has 2 aliphatic rings. The van der Waals surface area contributed by atoms with Crippen LogP contribution in [0.2, 0.25) is 0 Å². The molecule has 0 bridgehead atoms. The molecule has 2 saturated carbocycles. The monoisotopic (exact) mass is 807 g/mol. The molecule has 0 radical (unpaired) electrons. The summed E-state index contributed by atoms with van der Waals surface area (Å²) >= 11 is 0. The van der Waals surface area contributed by atoms with E-state index in [0.717, 1.165) is 37.0 Å². The highest BCUT2D eigenvalue weighted by molar-refractivity contribution is 4.88. The van der Waals surface area contributed by atoms with Crippen LogP contribution in [0.3, 0.4) is 0 Å². The van der Waals surface area contributed by atoms with E-state index in [-0.39, 0.29) is 11.8 Å². The van der Waals surface area contributed by atoms with Crippen molar-refractivity contribution in [3.8, 4) is 0 Å². The Kier molecular flexibility index (Phi) is 52.9. The lowest BCUT2D eigenvalue weighted by Gasteiger charge is -2.36. The van der Waals surface area contributed by atoms with Gasteiger partial charge in [-0.1, -0.05) is 196 Å². The summed E-state index contributed by atoms with van der Waals surface area (Å²) in [6, 6.07) is 0. The molecule has 0 saturated heterocycles. The van der Waals surface area contributed by atoms with Crippen LogP contribution in [0.15, 0.2) is 0 Å². The van der Waals surface area contributed by atoms with E-state index >= 15 is 0 Å². The molecule has 1 spiro atoms. The van der Waals surface area contributed by atoms with Crippen LogP contribution in [0.4, 0.5) is 39.5 Å². The zero-order chi connectivity index (χ0) is 44.8. The van der Waals surface area contributed by atoms with Crippen LogP contribution in [0.1, 0.15) is 234 Å². The van der Waals surface area contributed by atoms with Gasteiger partial charge in [-0.2, -0.15) is 39.5 Å². The quantitative estimate of drug-likeness (QED) is 0.235. The predicted molar refractivity (Wildman–Crippen MR) is 223 cm³/mol. The largest absolute Gasteiger partial charge is 0.391 e. The summed E-state index contributed by atoms with van der Waals surface area (Å²) in [6.45, 7) is 37.2. The zero-order valence-corrected chi connectivity index (χ0v) is 39.2. The molecule has 0 nitrogen and oxygen atoms in total. The van der Waals surface area contributed by atoms with Gasteiger partial charge in [0.2, 0.25) is 0 Å². The van der Waals surface area contributed by atoms with E-state index in [1.54, 1.807) is 53.4 Å². The molecule has 0 amide bonds. The van der Waals surface area contributed by atoms with Crippen LogP contribution < -0.4 is 0 Å². The summed E-state index contributed by atoms with van der Waals surface area (Å²) in [4.78, 5) is 0. The van der Waals surface area contributed by atoms with Crippen molar-refractivity contribution in [2.75, 3.05) is 0 Å². The van der Waals surface area contributed by atoms with Crippen LogP contribution in [0, 0.1) is 40.9 Å². The second-order valence-corrected chi connectivity index (χ2v) is 16.5. The highest BCUT2D eigenvalue weighted by Gasteiger charge is 2.36. The van der Waals surface area contributed by atoms with E-state index in [0.29, 0.717) is 12.8 Å². The first kappa shape index (κ1) is 68.1. The van der Waals surface area contributed by atoms with Crippen molar-refractivity contribution in [2.24, 2.45) is 40.9 Å². The van der Waals surface area contributed by atoms with E-state index in [4.69, 9.17) is 0 Å². The topological polar surface area (TPSA) is 0 Å². The Labute approximate surface area is 332 Å². The Morgan fingerprint density at radius 3 is 0.889 bits per heavy atom. The lowest BCUT2D eigenvalue weighted by molar-refractivity contribution is -0.164. The van der Waals surface area contributed by atoms with Gasteiger partial charge in [0, 0.05) is 18.8 Å². The van der Waals surface area contributed by atoms with Crippen molar-refractivity contribution in [3.63, 3.8) is 0 Å². The molecule has 2 rings (SSSR count). The van der Waals surface area contributed by atoms with Crippen LogP contribution in [0.5, 0.6) is 0 Å². The molecule has 0 unspecified atom stereocenters. The molecule has 0 aromatic carbocycles. The Balaban J connectivity index is -0.0000000961. The lowest BCUT2D eigenvalue weighted by atomic mass is 9.70. The fourth-order valence-electron chi connectivity index (χ4n) is 4.08. The molecule has 2 fully saturated rings. The summed E-state index contributed by atoms with van der Waals surface area (Å²) < 4.78 is 102. The second-order valence-electron chi connectivity index (χ2n) is 16.5. The van der Waals surface area contributed by atoms with Crippen LogP contribution in [0.25, 0.3) is 0 Å². The van der Waals surface area contributed by atoms with Crippen molar-refractivity contribution >= 4 is 0 Å². The van der Waals surface area contributed by atoms with Crippen LogP contribution in [-0.2, 0) is 0 Å². The Morgan fingerprint density at radius 1 is 0.519 bits per heavy atom. The van der Waals surface area contributed by atoms with Crippen molar-refractivity contribution in [1.82, 2.24) is 0 Å². The van der Waals surface area contributed by atoms with Gasteiger partial charge in [-0.3, -0.25) is 0 Å². The minimum atomic E-state index is -4.00. The molecule has 0 aromatic heterocycles. The minimum Gasteiger partial charge on any atom is -0.171 e. The number of alkyl halides is 9. The summed E-state index contributed by atoms with van der Waals surface area (Å²) in [7, 11) is 0. The number of hydrogen-bond donors (Lipinski definition) is 0. The molecule has 0 heterocycles. The highest BCUT2D eigenvalue weighted by atomic mass is 19.4. The van der Waals surface area contributed by atoms with Gasteiger partial charge in [0.25, 0.3) is 0 Å². The van der Waals surface area contributed by atoms with Gasteiger partial charge in [0.1, 0.15) is 0 Å². The van der Waals surface area contributed by atoms with Crippen molar-refractivity contribution < 1.29 is 39.5 Å². The molecule has 0 N–H and O–H groups in total. The number of unbranched alkanes of at least 4 members (excludes halogenated alkanes) is 1. The number of halogens is 9. The van der Waals surface area contributed by atoms with Gasteiger partial charge in [0.05, 0.1) is 0 Å². The Morgan fingerprint density at radius 2 is 0.759 bits per heavy atom. The molecule has 54 heavy (non-hydrogen) atoms. The SMILES string of the molecule is CC.CC(C)C.CC(C)C(F)(F)F.CC1CCC2(CCCC2)CC1.CCC.CCC(C)C.CCCC.CC[C@H](C)CC(F)(F)F.CC[C@H](C)CC(F)(F)F. The van der Waals surface area contributed by atoms with E-state index in [2.05, 4.69) is 76.2 Å². The summed E-state index contributed by atoms with van der Waals surface area (Å²) in [5.74, 6) is 1.08. The standard InChI is InChI=1S/C11H20.2C6H11F3.C5H12.C4H7F3.2C4H10.C3H8.C2H6/c1-10-4-8-11(9-5-10)6-2-3-7-11;2*1-3-5(2)4-6(7,8)9;1-4-5(2)3;1-3(2)4(5,6)7;1-4(2)3;1-3-4-2;1-3-2;1-2/h10H,2-9H2,1H3;2*5H,3-4H2,1-2H3;5H,4H2,1-3H3;3H,1-2H3;4H,1-3H3;3-4H2,1-2H3;3H2,1-2H3;1-2H3/t;2*5-;;;;;;/m.00....../s1. The highest BCUT2D eigenvalue weighted by Crippen LogP contribution is 2.50. The molecule has 0 aliphatic heterocycles. The maximum absolute atomic E-state index is 11.5. The molecule has 338 valence electrons. The first-order chi connectivity index (χ1) is 24.5. The van der Waals surface area contributed by atoms with Gasteiger partial charge in [-0.15, -0.1) is 0 Å². The van der Waals surface area contributed by atoms with Gasteiger partial charge >= 0.3 is 18.5 Å². The van der Waals surface area contributed by atoms with Gasteiger partial charge < -0.3 is 0 Å².